The van der Waals surface area contributed by atoms with Gasteiger partial charge >= 0.3 is 12.8 Å². The van der Waals surface area contributed by atoms with Crippen molar-refractivity contribution in [1.82, 2.24) is 14.3 Å². The largest absolute Gasteiger partial charge is 0.497 e. The number of halogens is 7. The number of carbonyl (C=O) groups is 1. The number of amides is 1. The number of aliphatic hydroxyl groups excluding tert-OH is 1. The Morgan fingerprint density at radius 2 is 1.54 bits per heavy atom. The highest BCUT2D eigenvalue weighted by Crippen LogP contribution is 2.35. The number of methoxy groups -OCH3 is 2. The van der Waals surface area contributed by atoms with E-state index in [1.165, 1.54) is 0 Å². The summed E-state index contributed by atoms with van der Waals surface area (Å²) >= 11 is 0. The SMILES string of the molecule is COc1cc(OC(CO)C(F)(F)F)nc(-n2c(=O)c(NC(=O)c3ccc(OC(F)F)cc3)c(-c3c(F)cc(OC)cc3F)n2C)c1. The molecule has 0 aliphatic carbocycles. The van der Waals surface area contributed by atoms with Gasteiger partial charge in [0.1, 0.15) is 40.3 Å². The number of hydrogen-bond donors (Lipinski definition) is 2. The molecule has 2 N–H and O–H groups in total. The van der Waals surface area contributed by atoms with Crippen molar-refractivity contribution in [3.05, 3.63) is 76.1 Å². The van der Waals surface area contributed by atoms with E-state index < -0.39 is 77.2 Å². The molecule has 1 amide bonds. The van der Waals surface area contributed by atoms with Crippen LogP contribution in [0.25, 0.3) is 17.1 Å². The van der Waals surface area contributed by atoms with Gasteiger partial charge in [0.2, 0.25) is 12.0 Å². The molecule has 4 aromatic rings. The number of nitrogens with one attached hydrogen (secondary N) is 1. The van der Waals surface area contributed by atoms with Crippen LogP contribution in [0.15, 0.2) is 53.3 Å². The van der Waals surface area contributed by atoms with Crippen molar-refractivity contribution in [2.24, 2.45) is 7.05 Å². The molecule has 1 atom stereocenters. The fraction of sp³-hybridized carbons (Fsp3) is 0.250. The zero-order valence-electron chi connectivity index (χ0n) is 23.9. The third-order valence-corrected chi connectivity index (χ3v) is 6.34. The Morgan fingerprint density at radius 3 is 2.07 bits per heavy atom. The normalized spacial score (nSPS) is 12.2. The van der Waals surface area contributed by atoms with Crippen LogP contribution in [0, 0.1) is 11.6 Å². The number of benzene rings is 2. The quantitative estimate of drug-likeness (QED) is 0.222. The summed E-state index contributed by atoms with van der Waals surface area (Å²) in [5.74, 6) is -5.39. The molecule has 2 aromatic heterocycles. The van der Waals surface area contributed by atoms with Crippen LogP contribution in [0.1, 0.15) is 10.4 Å². The van der Waals surface area contributed by atoms with E-state index in [1.54, 1.807) is 0 Å². The maximum atomic E-state index is 15.4. The summed E-state index contributed by atoms with van der Waals surface area (Å²) in [7, 11) is 3.43. The van der Waals surface area contributed by atoms with E-state index in [1.807, 2.05) is 0 Å². The zero-order chi connectivity index (χ0) is 33.9. The summed E-state index contributed by atoms with van der Waals surface area (Å²) in [6, 6.07) is 7.84. The highest BCUT2D eigenvalue weighted by molar-refractivity contribution is 6.06. The highest BCUT2D eigenvalue weighted by atomic mass is 19.4. The molecule has 0 saturated heterocycles. The zero-order valence-corrected chi connectivity index (χ0v) is 23.9. The van der Waals surface area contributed by atoms with E-state index in [4.69, 9.17) is 14.2 Å². The minimum Gasteiger partial charge on any atom is -0.497 e. The lowest BCUT2D eigenvalue weighted by Gasteiger charge is -2.20. The van der Waals surface area contributed by atoms with Crippen LogP contribution in [-0.2, 0) is 7.05 Å². The van der Waals surface area contributed by atoms with E-state index in [-0.39, 0.29) is 22.8 Å². The molecule has 2 aromatic carbocycles. The van der Waals surface area contributed by atoms with E-state index in [9.17, 15) is 36.6 Å². The fourth-order valence-electron chi connectivity index (χ4n) is 4.24. The number of aliphatic hydroxyl groups is 1. The van der Waals surface area contributed by atoms with Crippen molar-refractivity contribution in [1.29, 1.82) is 0 Å². The number of aromatic nitrogens is 3. The van der Waals surface area contributed by atoms with Gasteiger partial charge in [0.05, 0.1) is 26.4 Å². The summed E-state index contributed by atoms with van der Waals surface area (Å²) in [6.45, 7) is -4.62. The molecule has 0 aliphatic heterocycles. The Balaban J connectivity index is 1.91. The Morgan fingerprint density at radius 1 is 0.957 bits per heavy atom. The molecule has 2 heterocycles. The van der Waals surface area contributed by atoms with Crippen LogP contribution >= 0.6 is 0 Å². The molecule has 0 fully saturated rings. The van der Waals surface area contributed by atoms with Gasteiger partial charge in [-0.1, -0.05) is 0 Å². The Hall–Kier alpha value is -5.26. The van der Waals surface area contributed by atoms with Crippen molar-refractivity contribution in [3.8, 4) is 40.2 Å². The van der Waals surface area contributed by atoms with Crippen LogP contribution in [0.5, 0.6) is 23.1 Å². The number of carbonyl (C=O) groups excluding carboxylic acids is 1. The number of hydrogen-bond acceptors (Lipinski definition) is 8. The number of anilines is 1. The van der Waals surface area contributed by atoms with E-state index in [0.717, 1.165) is 74.5 Å². The monoisotopic (exact) mass is 660 g/mol. The smallest absolute Gasteiger partial charge is 0.427 e. The third-order valence-electron chi connectivity index (χ3n) is 6.34. The maximum absolute atomic E-state index is 15.4. The number of rotatable bonds is 11. The van der Waals surface area contributed by atoms with Gasteiger partial charge < -0.3 is 29.4 Å². The van der Waals surface area contributed by atoms with Gasteiger partial charge in [-0.2, -0.15) is 31.6 Å². The summed E-state index contributed by atoms with van der Waals surface area (Å²) < 4.78 is 116. The molecular weight excluding hydrogens is 637 g/mol. The Labute approximate surface area is 254 Å². The van der Waals surface area contributed by atoms with Crippen molar-refractivity contribution in [2.75, 3.05) is 26.1 Å². The van der Waals surface area contributed by atoms with E-state index in [2.05, 4.69) is 15.0 Å². The molecule has 0 saturated carbocycles. The first kappa shape index (κ1) is 33.6. The van der Waals surface area contributed by atoms with Gasteiger partial charge in [-0.3, -0.25) is 14.3 Å². The molecule has 0 aliphatic rings. The Kier molecular flexibility index (Phi) is 9.79. The molecule has 0 radical (unpaired) electrons. The van der Waals surface area contributed by atoms with Crippen LogP contribution in [0.4, 0.5) is 36.4 Å². The second-order valence-corrected chi connectivity index (χ2v) is 9.22. The second kappa shape index (κ2) is 13.4. The number of alkyl halides is 5. The molecule has 246 valence electrons. The van der Waals surface area contributed by atoms with E-state index in [0.29, 0.717) is 4.68 Å². The molecule has 18 heteroatoms. The average Bonchev–Trinajstić information content (AvgIpc) is 3.22. The molecular formula is C28H23F7N4O7. The summed E-state index contributed by atoms with van der Waals surface area (Å²) in [5.41, 5.74) is -3.43. The number of ether oxygens (including phenoxy) is 4. The lowest BCUT2D eigenvalue weighted by Crippen LogP contribution is -2.37. The molecule has 0 spiro atoms. The molecule has 46 heavy (non-hydrogen) atoms. The number of pyridine rings is 1. The first-order valence-corrected chi connectivity index (χ1v) is 12.8. The lowest BCUT2D eigenvalue weighted by atomic mass is 10.1. The third kappa shape index (κ3) is 7.01. The molecule has 1 unspecified atom stereocenters. The van der Waals surface area contributed by atoms with Crippen LogP contribution in [0.3, 0.4) is 0 Å². The minimum atomic E-state index is -5.01. The van der Waals surface area contributed by atoms with Crippen molar-refractivity contribution in [3.63, 3.8) is 0 Å². The molecule has 11 nitrogen and oxygen atoms in total. The van der Waals surface area contributed by atoms with Gasteiger partial charge in [0.15, 0.2) is 5.82 Å². The maximum Gasteiger partial charge on any atom is 0.427 e. The van der Waals surface area contributed by atoms with Crippen molar-refractivity contribution >= 4 is 11.6 Å². The van der Waals surface area contributed by atoms with Gasteiger partial charge in [0.25, 0.3) is 11.5 Å². The van der Waals surface area contributed by atoms with Gasteiger partial charge in [-0.05, 0) is 24.3 Å². The van der Waals surface area contributed by atoms with Crippen LogP contribution in [0.2, 0.25) is 0 Å². The van der Waals surface area contributed by atoms with Gasteiger partial charge in [-0.15, -0.1) is 0 Å². The summed E-state index contributed by atoms with van der Waals surface area (Å²) in [4.78, 5) is 30.9. The predicted octanol–water partition coefficient (Wildman–Crippen LogP) is 4.69. The summed E-state index contributed by atoms with van der Waals surface area (Å²) in [5, 5.41) is 11.4. The average molecular weight is 660 g/mol. The first-order chi connectivity index (χ1) is 21.7. The van der Waals surface area contributed by atoms with Crippen LogP contribution in [-0.4, -0.2) is 65.1 Å². The van der Waals surface area contributed by atoms with E-state index >= 15 is 8.78 Å². The molecule has 0 bridgehead atoms. The van der Waals surface area contributed by atoms with Crippen molar-refractivity contribution < 1.29 is 59.6 Å². The highest BCUT2D eigenvalue weighted by Gasteiger charge is 2.42. The second-order valence-electron chi connectivity index (χ2n) is 9.22. The van der Waals surface area contributed by atoms with Crippen molar-refractivity contribution in [2.45, 2.75) is 18.9 Å². The predicted molar refractivity (Wildman–Crippen MR) is 146 cm³/mol. The minimum absolute atomic E-state index is 0.174. The number of nitrogens with zero attached hydrogens (tertiary/aromatic N) is 3. The van der Waals surface area contributed by atoms with Crippen LogP contribution < -0.4 is 29.8 Å². The Bertz CT molecular complexity index is 1770. The van der Waals surface area contributed by atoms with Gasteiger partial charge in [-0.25, -0.2) is 8.78 Å². The molecule has 4 rings (SSSR count). The fourth-order valence-corrected chi connectivity index (χ4v) is 4.24. The summed E-state index contributed by atoms with van der Waals surface area (Å²) in [6.07, 6.45) is -7.73. The first-order valence-electron chi connectivity index (χ1n) is 12.8. The lowest BCUT2D eigenvalue weighted by molar-refractivity contribution is -0.204. The topological polar surface area (TPSA) is 126 Å². The van der Waals surface area contributed by atoms with Gasteiger partial charge in [0, 0.05) is 36.9 Å². The standard InChI is InChI=1S/C28H23F7N4O7/c1-38-24(22-17(29)8-15(43-2)9-18(22)30)23(37-25(41)13-4-6-14(7-5-13)45-27(31)32)26(42)39(38)20-10-16(44-3)11-21(36-20)46-19(12-40)28(33,34)35/h4-11,19,27,40H,12H2,1-3H3,(H,37,41).